The molecule has 0 bridgehead atoms. The van der Waals surface area contributed by atoms with E-state index in [1.807, 2.05) is 84.9 Å². The van der Waals surface area contributed by atoms with Crippen molar-refractivity contribution < 1.29 is 4.74 Å². The van der Waals surface area contributed by atoms with Gasteiger partial charge in [0.15, 0.2) is 5.69 Å². The Hall–Kier alpha value is -3.93. The zero-order chi connectivity index (χ0) is 19.2. The summed E-state index contributed by atoms with van der Waals surface area (Å²) in [5.74, 6) is 1.04. The number of H-pyrrole nitrogens is 1. The summed E-state index contributed by atoms with van der Waals surface area (Å²) in [5, 5.41) is 11.1. The van der Waals surface area contributed by atoms with E-state index in [1.165, 1.54) is 0 Å². The van der Waals surface area contributed by atoms with E-state index in [-0.39, 0.29) is 17.2 Å². The molecule has 0 spiro atoms. The van der Waals surface area contributed by atoms with Gasteiger partial charge < -0.3 is 10.1 Å². The molecule has 6 nitrogen and oxygen atoms in total. The smallest absolute Gasteiger partial charge is 0.279 e. The first-order valence-electron chi connectivity index (χ1n) is 8.84. The van der Waals surface area contributed by atoms with Crippen molar-refractivity contribution in [2.75, 3.05) is 5.32 Å². The van der Waals surface area contributed by atoms with Crippen LogP contribution < -0.4 is 15.6 Å². The number of hydrogen-bond acceptors (Lipinski definition) is 5. The third-order valence-corrected chi connectivity index (χ3v) is 4.11. The van der Waals surface area contributed by atoms with Crippen LogP contribution in [0.1, 0.15) is 5.56 Å². The summed E-state index contributed by atoms with van der Waals surface area (Å²) in [6, 6.07) is 26.6. The molecule has 0 saturated carbocycles. The van der Waals surface area contributed by atoms with Crippen molar-refractivity contribution in [3.05, 3.63) is 101 Å². The Morgan fingerprint density at radius 3 is 2.18 bits per heavy atom. The second kappa shape index (κ2) is 8.18. The van der Waals surface area contributed by atoms with Gasteiger partial charge in [0.25, 0.3) is 5.56 Å². The number of rotatable bonds is 6. The predicted molar refractivity (Wildman–Crippen MR) is 109 cm³/mol. The molecule has 0 unspecified atom stereocenters. The summed E-state index contributed by atoms with van der Waals surface area (Å²) >= 11 is 0. The lowest BCUT2D eigenvalue weighted by atomic mass is 10.2. The SMILES string of the molecule is O=c1[nH]c(Nc2ccc(OCc3ccccc3)cc2)nnc1-c1ccccc1. The Morgan fingerprint density at radius 2 is 1.50 bits per heavy atom. The summed E-state index contributed by atoms with van der Waals surface area (Å²) in [6.45, 7) is 0.507. The fraction of sp³-hybridized carbons (Fsp3) is 0.0455. The highest BCUT2D eigenvalue weighted by Gasteiger charge is 2.07. The minimum atomic E-state index is -0.300. The second-order valence-electron chi connectivity index (χ2n) is 6.14. The summed E-state index contributed by atoms with van der Waals surface area (Å²) in [7, 11) is 0. The fourth-order valence-electron chi connectivity index (χ4n) is 2.69. The molecule has 1 aromatic heterocycles. The number of ether oxygens (including phenoxy) is 1. The average molecular weight is 370 g/mol. The van der Waals surface area contributed by atoms with Crippen LogP contribution in [0.15, 0.2) is 89.7 Å². The number of hydrogen-bond donors (Lipinski definition) is 2. The van der Waals surface area contributed by atoms with E-state index in [0.717, 1.165) is 22.6 Å². The van der Waals surface area contributed by atoms with Gasteiger partial charge in [-0.1, -0.05) is 60.7 Å². The van der Waals surface area contributed by atoms with Crippen LogP contribution in [0.4, 0.5) is 11.6 Å². The normalized spacial score (nSPS) is 10.4. The molecule has 0 radical (unpaired) electrons. The van der Waals surface area contributed by atoms with Gasteiger partial charge >= 0.3 is 0 Å². The van der Waals surface area contributed by atoms with Gasteiger partial charge in [-0.15, -0.1) is 10.2 Å². The Bertz CT molecular complexity index is 1090. The van der Waals surface area contributed by atoms with E-state index in [4.69, 9.17) is 4.74 Å². The van der Waals surface area contributed by atoms with Crippen LogP contribution in [0.3, 0.4) is 0 Å². The fourth-order valence-corrected chi connectivity index (χ4v) is 2.69. The molecular weight excluding hydrogens is 352 g/mol. The van der Waals surface area contributed by atoms with Crippen LogP contribution in [-0.2, 0) is 6.61 Å². The molecule has 6 heteroatoms. The van der Waals surface area contributed by atoms with Gasteiger partial charge in [-0.25, -0.2) is 0 Å². The van der Waals surface area contributed by atoms with Crippen molar-refractivity contribution in [2.45, 2.75) is 6.61 Å². The van der Waals surface area contributed by atoms with Crippen molar-refractivity contribution in [1.29, 1.82) is 0 Å². The first-order chi connectivity index (χ1) is 13.8. The van der Waals surface area contributed by atoms with Crippen LogP contribution in [0, 0.1) is 0 Å². The topological polar surface area (TPSA) is 79.9 Å². The molecule has 1 heterocycles. The van der Waals surface area contributed by atoms with Crippen molar-refractivity contribution in [2.24, 2.45) is 0 Å². The van der Waals surface area contributed by atoms with Gasteiger partial charge in [-0.3, -0.25) is 9.78 Å². The first kappa shape index (κ1) is 17.5. The quantitative estimate of drug-likeness (QED) is 0.533. The summed E-state index contributed by atoms with van der Waals surface area (Å²) in [5.41, 5.74) is 2.59. The highest BCUT2D eigenvalue weighted by Crippen LogP contribution is 2.19. The number of nitrogens with zero attached hydrogens (tertiary/aromatic N) is 2. The van der Waals surface area contributed by atoms with Gasteiger partial charge in [0.1, 0.15) is 12.4 Å². The van der Waals surface area contributed by atoms with Crippen LogP contribution in [-0.4, -0.2) is 15.2 Å². The molecule has 4 aromatic rings. The maximum Gasteiger partial charge on any atom is 0.279 e. The second-order valence-corrected chi connectivity index (χ2v) is 6.14. The van der Waals surface area contributed by atoms with E-state index >= 15 is 0 Å². The summed E-state index contributed by atoms with van der Waals surface area (Å²) < 4.78 is 5.77. The predicted octanol–water partition coefficient (Wildman–Crippen LogP) is 4.15. The molecule has 2 N–H and O–H groups in total. The Morgan fingerprint density at radius 1 is 0.821 bits per heavy atom. The number of benzene rings is 3. The monoisotopic (exact) mass is 370 g/mol. The van der Waals surface area contributed by atoms with Crippen LogP contribution in [0.5, 0.6) is 5.75 Å². The Labute approximate surface area is 161 Å². The molecule has 138 valence electrons. The molecule has 0 amide bonds. The largest absolute Gasteiger partial charge is 0.489 e. The minimum Gasteiger partial charge on any atom is -0.489 e. The molecule has 0 aliphatic heterocycles. The maximum absolute atomic E-state index is 12.3. The zero-order valence-corrected chi connectivity index (χ0v) is 15.0. The number of anilines is 2. The lowest BCUT2D eigenvalue weighted by Gasteiger charge is -2.08. The van der Waals surface area contributed by atoms with E-state index in [9.17, 15) is 4.79 Å². The third kappa shape index (κ3) is 4.24. The Balaban J connectivity index is 1.42. The lowest BCUT2D eigenvalue weighted by molar-refractivity contribution is 0.306. The van der Waals surface area contributed by atoms with Gasteiger partial charge in [-0.2, -0.15) is 0 Å². The maximum atomic E-state index is 12.3. The van der Waals surface area contributed by atoms with Crippen LogP contribution >= 0.6 is 0 Å². The summed E-state index contributed by atoms with van der Waals surface area (Å²) in [6.07, 6.45) is 0. The highest BCUT2D eigenvalue weighted by atomic mass is 16.5. The summed E-state index contributed by atoms with van der Waals surface area (Å²) in [4.78, 5) is 15.0. The molecule has 3 aromatic carbocycles. The molecule has 0 atom stereocenters. The molecule has 0 fully saturated rings. The molecule has 0 aliphatic carbocycles. The van der Waals surface area contributed by atoms with Crippen molar-refractivity contribution in [3.63, 3.8) is 0 Å². The molecule has 0 aliphatic rings. The number of aromatic nitrogens is 3. The van der Waals surface area contributed by atoms with Crippen molar-refractivity contribution in [3.8, 4) is 17.0 Å². The van der Waals surface area contributed by atoms with Gasteiger partial charge in [0, 0.05) is 11.3 Å². The van der Waals surface area contributed by atoms with E-state index < -0.39 is 0 Å². The standard InChI is InChI=1S/C22H18N4O2/c27-21-20(17-9-5-2-6-10-17)25-26-22(24-21)23-18-11-13-19(14-12-18)28-15-16-7-3-1-4-8-16/h1-14H,15H2,(H2,23,24,26,27). The van der Waals surface area contributed by atoms with Crippen LogP contribution in [0.2, 0.25) is 0 Å². The van der Waals surface area contributed by atoms with E-state index in [2.05, 4.69) is 20.5 Å². The van der Waals surface area contributed by atoms with Gasteiger partial charge in [0.2, 0.25) is 5.95 Å². The Kier molecular flexibility index (Phi) is 5.11. The van der Waals surface area contributed by atoms with Crippen molar-refractivity contribution >= 4 is 11.6 Å². The third-order valence-electron chi connectivity index (χ3n) is 4.11. The minimum absolute atomic E-state index is 0.280. The lowest BCUT2D eigenvalue weighted by Crippen LogP contribution is -2.15. The van der Waals surface area contributed by atoms with Crippen LogP contribution in [0.25, 0.3) is 11.3 Å². The van der Waals surface area contributed by atoms with Crippen molar-refractivity contribution in [1.82, 2.24) is 15.2 Å². The molecule has 4 rings (SSSR count). The average Bonchev–Trinajstić information content (AvgIpc) is 2.75. The number of nitrogens with one attached hydrogen (secondary N) is 2. The first-order valence-corrected chi connectivity index (χ1v) is 8.84. The molecule has 28 heavy (non-hydrogen) atoms. The number of aromatic amines is 1. The zero-order valence-electron chi connectivity index (χ0n) is 15.0. The van der Waals surface area contributed by atoms with E-state index in [0.29, 0.717) is 6.61 Å². The highest BCUT2D eigenvalue weighted by molar-refractivity contribution is 5.59. The van der Waals surface area contributed by atoms with Gasteiger partial charge in [0.05, 0.1) is 0 Å². The van der Waals surface area contributed by atoms with Gasteiger partial charge in [-0.05, 0) is 29.8 Å². The van der Waals surface area contributed by atoms with E-state index in [1.54, 1.807) is 0 Å². The molecular formula is C22H18N4O2. The molecule has 0 saturated heterocycles.